The molecule has 3 aromatic carbocycles. The third-order valence-corrected chi connectivity index (χ3v) is 3.49. The van der Waals surface area contributed by atoms with E-state index >= 15 is 0 Å². The van der Waals surface area contributed by atoms with E-state index in [1.54, 1.807) is 12.1 Å². The van der Waals surface area contributed by atoms with Gasteiger partial charge in [-0.05, 0) is 28.8 Å². The first-order valence-corrected chi connectivity index (χ1v) is 6.73. The molecule has 0 aromatic heterocycles. The van der Waals surface area contributed by atoms with Crippen LogP contribution in [0.25, 0.3) is 0 Å². The minimum absolute atomic E-state index is 0.193. The highest BCUT2D eigenvalue weighted by molar-refractivity contribution is 5.44. The quantitative estimate of drug-likeness (QED) is 0.684. The molecule has 0 saturated carbocycles. The Labute approximate surface area is 119 Å². The lowest BCUT2D eigenvalue weighted by molar-refractivity contribution is 0.475. The van der Waals surface area contributed by atoms with Crippen LogP contribution in [0.3, 0.4) is 0 Å². The molecule has 1 N–H and O–H groups in total. The highest BCUT2D eigenvalue weighted by Crippen LogP contribution is 2.32. The Morgan fingerprint density at radius 2 is 0.900 bits per heavy atom. The summed E-state index contributed by atoms with van der Waals surface area (Å²) in [5.41, 5.74) is 3.69. The van der Waals surface area contributed by atoms with Gasteiger partial charge >= 0.3 is 0 Å². The second-order valence-corrected chi connectivity index (χ2v) is 4.85. The van der Waals surface area contributed by atoms with Crippen molar-refractivity contribution in [1.82, 2.24) is 0 Å². The molecule has 0 aliphatic heterocycles. The summed E-state index contributed by atoms with van der Waals surface area (Å²) < 4.78 is 0. The normalized spacial score (nSPS) is 10.7. The SMILES string of the molecule is Oc1ccc(C(c2ccccc2)c2ccccc2)cc1. The number of hydrogen-bond acceptors (Lipinski definition) is 1. The van der Waals surface area contributed by atoms with Crippen molar-refractivity contribution in [3.8, 4) is 5.75 Å². The van der Waals surface area contributed by atoms with E-state index in [-0.39, 0.29) is 5.92 Å². The Balaban J connectivity index is 2.11. The Morgan fingerprint density at radius 1 is 0.500 bits per heavy atom. The molecule has 0 fully saturated rings. The van der Waals surface area contributed by atoms with Gasteiger partial charge in [0.15, 0.2) is 0 Å². The molecule has 0 atom stereocenters. The lowest BCUT2D eigenvalue weighted by atomic mass is 9.85. The molecule has 0 aliphatic carbocycles. The van der Waals surface area contributed by atoms with Crippen molar-refractivity contribution >= 4 is 0 Å². The maximum atomic E-state index is 9.48. The standard InChI is InChI=1S/C19H16O/c20-18-13-11-17(12-14-18)19(15-7-3-1-4-8-15)16-9-5-2-6-10-16/h1-14,19-20H. The average Bonchev–Trinajstić information content (AvgIpc) is 2.52. The third-order valence-electron chi connectivity index (χ3n) is 3.49. The Morgan fingerprint density at radius 3 is 1.35 bits per heavy atom. The molecule has 0 amide bonds. The fourth-order valence-corrected chi connectivity index (χ4v) is 2.54. The van der Waals surface area contributed by atoms with Gasteiger partial charge in [0.2, 0.25) is 0 Å². The molecule has 0 aliphatic rings. The minimum atomic E-state index is 0.193. The predicted molar refractivity (Wildman–Crippen MR) is 81.9 cm³/mol. The monoisotopic (exact) mass is 260 g/mol. The van der Waals surface area contributed by atoms with E-state index in [1.807, 2.05) is 24.3 Å². The number of aromatic hydroxyl groups is 1. The lowest BCUT2D eigenvalue weighted by Crippen LogP contribution is -2.02. The topological polar surface area (TPSA) is 20.2 Å². The van der Waals surface area contributed by atoms with Gasteiger partial charge in [0, 0.05) is 5.92 Å². The summed E-state index contributed by atoms with van der Waals surface area (Å²) in [4.78, 5) is 0. The second kappa shape index (κ2) is 5.62. The van der Waals surface area contributed by atoms with Crippen LogP contribution < -0.4 is 0 Å². The van der Waals surface area contributed by atoms with Crippen LogP contribution in [0, 0.1) is 0 Å². The van der Waals surface area contributed by atoms with Crippen LogP contribution in [0.1, 0.15) is 22.6 Å². The number of rotatable bonds is 3. The third kappa shape index (κ3) is 2.57. The Bertz CT molecular complexity index is 618. The molecular formula is C19H16O. The van der Waals surface area contributed by atoms with Crippen molar-refractivity contribution in [3.63, 3.8) is 0 Å². The van der Waals surface area contributed by atoms with Crippen LogP contribution in [-0.4, -0.2) is 5.11 Å². The van der Waals surface area contributed by atoms with Crippen molar-refractivity contribution in [2.75, 3.05) is 0 Å². The van der Waals surface area contributed by atoms with Crippen LogP contribution in [0.4, 0.5) is 0 Å². The fourth-order valence-electron chi connectivity index (χ4n) is 2.54. The zero-order valence-corrected chi connectivity index (χ0v) is 11.1. The van der Waals surface area contributed by atoms with Gasteiger partial charge in [-0.2, -0.15) is 0 Å². The van der Waals surface area contributed by atoms with Crippen LogP contribution in [0.5, 0.6) is 5.75 Å². The number of phenolic OH excluding ortho intramolecular Hbond substituents is 1. The molecule has 0 radical (unpaired) electrons. The molecule has 3 rings (SSSR count). The molecule has 1 nitrogen and oxygen atoms in total. The molecule has 98 valence electrons. The zero-order valence-electron chi connectivity index (χ0n) is 11.1. The lowest BCUT2D eigenvalue weighted by Gasteiger charge is -2.18. The smallest absolute Gasteiger partial charge is 0.115 e. The van der Waals surface area contributed by atoms with Gasteiger partial charge < -0.3 is 5.11 Å². The van der Waals surface area contributed by atoms with E-state index in [9.17, 15) is 5.11 Å². The Kier molecular flexibility index (Phi) is 3.51. The zero-order chi connectivity index (χ0) is 13.8. The summed E-state index contributed by atoms with van der Waals surface area (Å²) in [5.74, 6) is 0.492. The summed E-state index contributed by atoms with van der Waals surface area (Å²) in [6.07, 6.45) is 0. The summed E-state index contributed by atoms with van der Waals surface area (Å²) in [7, 11) is 0. The van der Waals surface area contributed by atoms with E-state index in [0.717, 1.165) is 0 Å². The molecule has 0 heterocycles. The average molecular weight is 260 g/mol. The first-order valence-electron chi connectivity index (χ1n) is 6.73. The van der Waals surface area contributed by atoms with Gasteiger partial charge in [-0.15, -0.1) is 0 Å². The van der Waals surface area contributed by atoms with Crippen LogP contribution in [-0.2, 0) is 0 Å². The first kappa shape index (κ1) is 12.5. The van der Waals surface area contributed by atoms with Crippen molar-refractivity contribution in [1.29, 1.82) is 0 Å². The van der Waals surface area contributed by atoms with Gasteiger partial charge in [-0.25, -0.2) is 0 Å². The van der Waals surface area contributed by atoms with E-state index in [4.69, 9.17) is 0 Å². The van der Waals surface area contributed by atoms with Gasteiger partial charge in [-0.1, -0.05) is 72.8 Å². The number of benzene rings is 3. The summed E-state index contributed by atoms with van der Waals surface area (Å²) >= 11 is 0. The van der Waals surface area contributed by atoms with Crippen molar-refractivity contribution in [2.45, 2.75) is 5.92 Å². The molecule has 3 aromatic rings. The van der Waals surface area contributed by atoms with Crippen LogP contribution in [0.2, 0.25) is 0 Å². The summed E-state index contributed by atoms with van der Waals surface area (Å²) in [6, 6.07) is 28.3. The maximum absolute atomic E-state index is 9.48. The molecule has 0 bridgehead atoms. The number of hydrogen-bond donors (Lipinski definition) is 1. The maximum Gasteiger partial charge on any atom is 0.115 e. The summed E-state index contributed by atoms with van der Waals surface area (Å²) in [5, 5.41) is 9.48. The van der Waals surface area contributed by atoms with E-state index < -0.39 is 0 Å². The van der Waals surface area contributed by atoms with Gasteiger partial charge in [0.1, 0.15) is 5.75 Å². The number of phenols is 1. The highest BCUT2D eigenvalue weighted by Gasteiger charge is 2.15. The molecule has 0 unspecified atom stereocenters. The summed E-state index contributed by atoms with van der Waals surface area (Å²) in [6.45, 7) is 0. The van der Waals surface area contributed by atoms with Crippen LogP contribution in [0.15, 0.2) is 84.9 Å². The Hall–Kier alpha value is -2.54. The second-order valence-electron chi connectivity index (χ2n) is 4.85. The molecular weight excluding hydrogens is 244 g/mol. The van der Waals surface area contributed by atoms with Crippen molar-refractivity contribution in [2.24, 2.45) is 0 Å². The molecule has 20 heavy (non-hydrogen) atoms. The predicted octanol–water partition coefficient (Wildman–Crippen LogP) is 4.57. The molecule has 0 spiro atoms. The van der Waals surface area contributed by atoms with Gasteiger partial charge in [-0.3, -0.25) is 0 Å². The van der Waals surface area contributed by atoms with Crippen LogP contribution >= 0.6 is 0 Å². The largest absolute Gasteiger partial charge is 0.508 e. The highest BCUT2D eigenvalue weighted by atomic mass is 16.3. The van der Waals surface area contributed by atoms with E-state index in [2.05, 4.69) is 48.5 Å². The molecule has 1 heteroatoms. The van der Waals surface area contributed by atoms with E-state index in [1.165, 1.54) is 16.7 Å². The van der Waals surface area contributed by atoms with Crippen molar-refractivity contribution in [3.05, 3.63) is 102 Å². The fraction of sp³-hybridized carbons (Fsp3) is 0.0526. The van der Waals surface area contributed by atoms with Crippen molar-refractivity contribution < 1.29 is 5.11 Å². The van der Waals surface area contributed by atoms with E-state index in [0.29, 0.717) is 5.75 Å². The first-order chi connectivity index (χ1) is 9.84. The van der Waals surface area contributed by atoms with Gasteiger partial charge in [0.05, 0.1) is 0 Å². The van der Waals surface area contributed by atoms with Gasteiger partial charge in [0.25, 0.3) is 0 Å². The minimum Gasteiger partial charge on any atom is -0.508 e. The molecule has 0 saturated heterocycles.